The largest absolute Gasteiger partial charge is 0.505 e. The lowest BCUT2D eigenvalue weighted by atomic mass is 9.71. The Balaban J connectivity index is 2.01. The first-order valence-corrected chi connectivity index (χ1v) is 12.7. The summed E-state index contributed by atoms with van der Waals surface area (Å²) in [5.74, 6) is 0.452. The van der Waals surface area contributed by atoms with E-state index in [2.05, 4.69) is 4.67 Å². The number of carbonyl (C=O) groups is 1. The minimum Gasteiger partial charge on any atom is -0.493 e. The van der Waals surface area contributed by atoms with Crippen molar-refractivity contribution >= 4 is 13.6 Å². The number of benzene rings is 2. The highest BCUT2D eigenvalue weighted by Crippen LogP contribution is 2.46. The maximum Gasteiger partial charge on any atom is 0.505 e. The SMILES string of the molecule is COc1ccc(C2CCC(OC)CC2C(=O)c2cc(OC)c(OC)c(OC)c2)cc1OOP(=O)(O)O. The molecule has 0 heterocycles. The molecule has 198 valence electrons. The molecule has 1 aliphatic rings. The summed E-state index contributed by atoms with van der Waals surface area (Å²) in [5, 5.41) is 0. The summed E-state index contributed by atoms with van der Waals surface area (Å²) in [6.07, 6.45) is 1.72. The Morgan fingerprint density at radius 3 is 2.03 bits per heavy atom. The molecule has 0 aromatic heterocycles. The van der Waals surface area contributed by atoms with E-state index in [0.717, 1.165) is 12.0 Å². The van der Waals surface area contributed by atoms with Gasteiger partial charge < -0.3 is 38.4 Å². The van der Waals surface area contributed by atoms with E-state index in [1.165, 1.54) is 28.4 Å². The van der Waals surface area contributed by atoms with Crippen molar-refractivity contribution in [2.75, 3.05) is 35.5 Å². The van der Waals surface area contributed by atoms with Gasteiger partial charge in [-0.3, -0.25) is 4.79 Å². The highest BCUT2D eigenvalue weighted by Gasteiger charge is 2.38. The molecule has 0 radical (unpaired) electrons. The Bertz CT molecular complexity index is 1090. The molecule has 1 aliphatic carbocycles. The number of methoxy groups -OCH3 is 5. The zero-order valence-electron chi connectivity index (χ0n) is 20.8. The second kappa shape index (κ2) is 11.9. The molecule has 1 fully saturated rings. The third-order valence-electron chi connectivity index (χ3n) is 6.26. The summed E-state index contributed by atoms with van der Waals surface area (Å²) >= 11 is 0. The lowest BCUT2D eigenvalue weighted by Gasteiger charge is -2.35. The second-order valence-electron chi connectivity index (χ2n) is 8.22. The average Bonchev–Trinajstić information content (AvgIpc) is 2.89. The van der Waals surface area contributed by atoms with Gasteiger partial charge in [0.05, 0.1) is 34.5 Å². The molecule has 0 bridgehead atoms. The molecule has 2 N–H and O–H groups in total. The van der Waals surface area contributed by atoms with Crippen molar-refractivity contribution in [1.82, 2.24) is 0 Å². The summed E-state index contributed by atoms with van der Waals surface area (Å²) in [7, 11) is 2.56. The van der Waals surface area contributed by atoms with Crippen molar-refractivity contribution in [3.05, 3.63) is 41.5 Å². The number of carbonyl (C=O) groups excluding carboxylic acids is 1. The molecule has 3 atom stereocenters. The molecule has 12 heteroatoms. The van der Waals surface area contributed by atoms with Crippen LogP contribution in [0.2, 0.25) is 0 Å². The van der Waals surface area contributed by atoms with Gasteiger partial charge in [0.25, 0.3) is 0 Å². The van der Waals surface area contributed by atoms with E-state index in [0.29, 0.717) is 35.7 Å². The first-order chi connectivity index (χ1) is 17.1. The highest BCUT2D eigenvalue weighted by molar-refractivity contribution is 7.46. The summed E-state index contributed by atoms with van der Waals surface area (Å²) in [6.45, 7) is 0. The fourth-order valence-corrected chi connectivity index (χ4v) is 4.73. The van der Waals surface area contributed by atoms with Crippen LogP contribution in [-0.4, -0.2) is 57.2 Å². The quantitative estimate of drug-likeness (QED) is 0.191. The Morgan fingerprint density at radius 1 is 0.861 bits per heavy atom. The lowest BCUT2D eigenvalue weighted by molar-refractivity contribution is -0.124. The molecule has 1 saturated carbocycles. The molecule has 36 heavy (non-hydrogen) atoms. The molecule has 0 amide bonds. The average molecular weight is 526 g/mol. The first kappa shape index (κ1) is 27.8. The van der Waals surface area contributed by atoms with Crippen LogP contribution in [0.1, 0.15) is 41.1 Å². The molecular formula is C24H31O11P. The van der Waals surface area contributed by atoms with Gasteiger partial charge >= 0.3 is 7.82 Å². The lowest BCUT2D eigenvalue weighted by Crippen LogP contribution is -2.33. The Morgan fingerprint density at radius 2 is 1.50 bits per heavy atom. The predicted octanol–water partition coefficient (Wildman–Crippen LogP) is 3.91. The van der Waals surface area contributed by atoms with Crippen LogP contribution in [0, 0.1) is 5.92 Å². The van der Waals surface area contributed by atoms with Crippen molar-refractivity contribution in [2.24, 2.45) is 5.92 Å². The summed E-state index contributed by atoms with van der Waals surface area (Å²) in [4.78, 5) is 36.8. The molecular weight excluding hydrogens is 495 g/mol. The van der Waals surface area contributed by atoms with Gasteiger partial charge in [-0.2, -0.15) is 0 Å². The Labute approximate surface area is 209 Å². The van der Waals surface area contributed by atoms with Gasteiger partial charge in [0.2, 0.25) is 11.5 Å². The van der Waals surface area contributed by atoms with Crippen LogP contribution >= 0.6 is 7.82 Å². The van der Waals surface area contributed by atoms with Crippen molar-refractivity contribution in [3.8, 4) is 28.7 Å². The summed E-state index contributed by atoms with van der Waals surface area (Å²) < 4.78 is 42.3. The molecule has 11 nitrogen and oxygen atoms in total. The van der Waals surface area contributed by atoms with Gasteiger partial charge in [0.15, 0.2) is 23.0 Å². The van der Waals surface area contributed by atoms with Crippen LogP contribution in [-0.2, 0) is 14.0 Å². The summed E-state index contributed by atoms with van der Waals surface area (Å²) in [5.41, 5.74) is 1.12. The van der Waals surface area contributed by atoms with Crippen molar-refractivity contribution in [1.29, 1.82) is 0 Å². The standard InChI is InChI=1S/C24H31O11P/c1-29-16-7-8-17(14-6-9-19(30-2)20(10-14)34-35-36(26,27)28)18(13-16)23(25)15-11-21(31-3)24(33-5)22(12-15)32-4/h6,9-12,16-18H,7-8,13H2,1-5H3,(H2,26,27,28). The number of hydrogen-bond acceptors (Lipinski definition) is 9. The minimum atomic E-state index is -4.89. The van der Waals surface area contributed by atoms with E-state index in [9.17, 15) is 9.36 Å². The van der Waals surface area contributed by atoms with Gasteiger partial charge in [-0.1, -0.05) is 10.7 Å². The molecule has 3 rings (SSSR count). The van der Waals surface area contributed by atoms with Gasteiger partial charge in [-0.25, -0.2) is 4.57 Å². The third-order valence-corrected chi connectivity index (χ3v) is 6.53. The second-order valence-corrected chi connectivity index (χ2v) is 9.35. The van der Waals surface area contributed by atoms with Crippen LogP contribution in [0.25, 0.3) is 0 Å². The third kappa shape index (κ3) is 6.29. The van der Waals surface area contributed by atoms with Crippen LogP contribution in [0.4, 0.5) is 0 Å². The fourth-order valence-electron chi connectivity index (χ4n) is 4.55. The number of rotatable bonds is 11. The smallest absolute Gasteiger partial charge is 0.493 e. The predicted molar refractivity (Wildman–Crippen MR) is 128 cm³/mol. The molecule has 3 unspecified atom stereocenters. The maximum atomic E-state index is 13.9. The first-order valence-electron chi connectivity index (χ1n) is 11.1. The molecule has 2 aromatic carbocycles. The van der Waals surface area contributed by atoms with Crippen molar-refractivity contribution in [3.63, 3.8) is 0 Å². The van der Waals surface area contributed by atoms with E-state index < -0.39 is 13.7 Å². The van der Waals surface area contributed by atoms with Gasteiger partial charge in [-0.05, 0) is 55.0 Å². The highest BCUT2D eigenvalue weighted by atomic mass is 31.2. The van der Waals surface area contributed by atoms with Crippen LogP contribution in [0.3, 0.4) is 0 Å². The monoisotopic (exact) mass is 526 g/mol. The number of ether oxygens (including phenoxy) is 5. The van der Waals surface area contributed by atoms with Crippen molar-refractivity contribution < 1.29 is 52.4 Å². The van der Waals surface area contributed by atoms with E-state index in [4.69, 9.17) is 38.4 Å². The van der Waals surface area contributed by atoms with E-state index in [1.807, 2.05) is 0 Å². The molecule has 0 aliphatic heterocycles. The number of hydrogen-bond donors (Lipinski definition) is 2. The normalized spacial score (nSPS) is 19.9. The molecule has 2 aromatic rings. The minimum absolute atomic E-state index is 0.0221. The Hall–Kier alpha value is -2.82. The van der Waals surface area contributed by atoms with Gasteiger partial charge in [0, 0.05) is 18.6 Å². The number of phosphoric acid groups is 1. The van der Waals surface area contributed by atoms with Crippen molar-refractivity contribution in [2.45, 2.75) is 31.3 Å². The maximum absolute atomic E-state index is 13.9. The topological polar surface area (TPSA) is 139 Å². The van der Waals surface area contributed by atoms with Crippen LogP contribution in [0.5, 0.6) is 28.7 Å². The van der Waals surface area contributed by atoms with E-state index >= 15 is 0 Å². The Kier molecular flexibility index (Phi) is 9.21. The van der Waals surface area contributed by atoms with E-state index in [1.54, 1.807) is 37.4 Å². The summed E-state index contributed by atoms with van der Waals surface area (Å²) in [6, 6.07) is 8.18. The number of Topliss-reactive ketones (excluding diaryl/α,β-unsaturated/α-hetero) is 1. The van der Waals surface area contributed by atoms with Gasteiger partial charge in [0.1, 0.15) is 0 Å². The van der Waals surface area contributed by atoms with E-state index in [-0.39, 0.29) is 29.3 Å². The zero-order chi connectivity index (χ0) is 26.5. The molecule has 0 saturated heterocycles. The van der Waals surface area contributed by atoms with Crippen LogP contribution in [0.15, 0.2) is 30.3 Å². The zero-order valence-corrected chi connectivity index (χ0v) is 21.7. The van der Waals surface area contributed by atoms with Gasteiger partial charge in [-0.15, -0.1) is 0 Å². The number of ketones is 1. The molecule has 0 spiro atoms. The van der Waals surface area contributed by atoms with Crippen LogP contribution < -0.4 is 23.8 Å². The fraction of sp³-hybridized carbons (Fsp3) is 0.458.